The Morgan fingerprint density at radius 3 is 2.94 bits per heavy atom. The molecule has 4 heteroatoms. The van der Waals surface area contributed by atoms with Crippen LogP contribution in [-0.4, -0.2) is 29.9 Å². The summed E-state index contributed by atoms with van der Waals surface area (Å²) in [6.07, 6.45) is 2.04. The van der Waals surface area contributed by atoms with Crippen molar-refractivity contribution in [2.24, 2.45) is 0 Å². The lowest BCUT2D eigenvalue weighted by Gasteiger charge is -2.29. The van der Waals surface area contributed by atoms with Crippen molar-refractivity contribution in [2.75, 3.05) is 13.6 Å². The minimum absolute atomic E-state index is 0.211. The predicted molar refractivity (Wildman–Crippen MR) is 71.2 cm³/mol. The Morgan fingerprint density at radius 1 is 1.65 bits per heavy atom. The first-order valence-corrected chi connectivity index (χ1v) is 6.94. The standard InChI is InChI=1S/C13H20N2OS/c1-10-5-8-17-11(10)9-15(3)12(16)13(2)6-4-7-14-13/h5,8,14H,4,6-7,9H2,1-3H3. The highest BCUT2D eigenvalue weighted by Gasteiger charge is 2.37. The zero-order valence-electron chi connectivity index (χ0n) is 10.7. The summed E-state index contributed by atoms with van der Waals surface area (Å²) >= 11 is 1.72. The van der Waals surface area contributed by atoms with Crippen LogP contribution in [0.3, 0.4) is 0 Å². The summed E-state index contributed by atoms with van der Waals surface area (Å²) in [7, 11) is 1.90. The van der Waals surface area contributed by atoms with Crippen molar-refractivity contribution in [2.45, 2.75) is 38.8 Å². The van der Waals surface area contributed by atoms with E-state index in [1.807, 2.05) is 18.9 Å². The molecule has 1 fully saturated rings. The van der Waals surface area contributed by atoms with E-state index >= 15 is 0 Å². The van der Waals surface area contributed by atoms with E-state index in [4.69, 9.17) is 0 Å². The largest absolute Gasteiger partial charge is 0.339 e. The summed E-state index contributed by atoms with van der Waals surface area (Å²) in [6.45, 7) is 5.79. The predicted octanol–water partition coefficient (Wildman–Crippen LogP) is 2.16. The number of thiophene rings is 1. The van der Waals surface area contributed by atoms with Gasteiger partial charge in [0.25, 0.3) is 0 Å². The molecule has 1 amide bonds. The van der Waals surface area contributed by atoms with Gasteiger partial charge in [0, 0.05) is 11.9 Å². The van der Waals surface area contributed by atoms with Gasteiger partial charge >= 0.3 is 0 Å². The van der Waals surface area contributed by atoms with Gasteiger partial charge in [0.15, 0.2) is 0 Å². The van der Waals surface area contributed by atoms with Crippen LogP contribution in [0.5, 0.6) is 0 Å². The second-order valence-corrected chi connectivity index (χ2v) is 6.05. The summed E-state index contributed by atoms with van der Waals surface area (Å²) < 4.78 is 0. The van der Waals surface area contributed by atoms with Gasteiger partial charge in [0.2, 0.25) is 5.91 Å². The Bertz CT molecular complexity index is 407. The smallest absolute Gasteiger partial charge is 0.242 e. The summed E-state index contributed by atoms with van der Waals surface area (Å²) in [5, 5.41) is 5.40. The van der Waals surface area contributed by atoms with Crippen LogP contribution in [0.1, 0.15) is 30.2 Å². The molecule has 2 heterocycles. The van der Waals surface area contributed by atoms with E-state index < -0.39 is 0 Å². The molecule has 2 rings (SSSR count). The van der Waals surface area contributed by atoms with E-state index in [1.165, 1.54) is 10.4 Å². The van der Waals surface area contributed by atoms with Gasteiger partial charge in [-0.3, -0.25) is 4.79 Å². The molecule has 0 aromatic carbocycles. The maximum atomic E-state index is 12.4. The number of amides is 1. The molecule has 1 atom stereocenters. The third-order valence-corrected chi connectivity index (χ3v) is 4.54. The lowest BCUT2D eigenvalue weighted by atomic mass is 9.98. The number of carbonyl (C=O) groups is 1. The average molecular weight is 252 g/mol. The number of likely N-dealkylation sites (N-methyl/N-ethyl adjacent to an activating group) is 1. The van der Waals surface area contributed by atoms with Crippen LogP contribution in [0.25, 0.3) is 0 Å². The van der Waals surface area contributed by atoms with Crippen LogP contribution in [0.15, 0.2) is 11.4 Å². The van der Waals surface area contributed by atoms with E-state index in [0.717, 1.165) is 25.9 Å². The molecule has 1 aromatic rings. The van der Waals surface area contributed by atoms with Gasteiger partial charge in [0.1, 0.15) is 0 Å². The Labute approximate surface area is 107 Å². The molecular formula is C13H20N2OS. The molecule has 94 valence electrons. The molecule has 0 saturated carbocycles. The normalized spacial score (nSPS) is 23.9. The van der Waals surface area contributed by atoms with E-state index in [1.54, 1.807) is 11.3 Å². The fourth-order valence-electron chi connectivity index (χ4n) is 2.35. The monoisotopic (exact) mass is 252 g/mol. The maximum Gasteiger partial charge on any atom is 0.242 e. The lowest BCUT2D eigenvalue weighted by Crippen LogP contribution is -2.51. The lowest BCUT2D eigenvalue weighted by molar-refractivity contribution is -0.136. The van der Waals surface area contributed by atoms with Gasteiger partial charge in [0.05, 0.1) is 12.1 Å². The van der Waals surface area contributed by atoms with Crippen molar-refractivity contribution in [1.82, 2.24) is 10.2 Å². The second-order valence-electron chi connectivity index (χ2n) is 5.05. The summed E-state index contributed by atoms with van der Waals surface area (Å²) in [5.74, 6) is 0.211. The molecule has 1 aliphatic heterocycles. The van der Waals surface area contributed by atoms with Crippen LogP contribution in [0, 0.1) is 6.92 Å². The van der Waals surface area contributed by atoms with E-state index in [-0.39, 0.29) is 11.4 Å². The van der Waals surface area contributed by atoms with Gasteiger partial charge in [-0.25, -0.2) is 0 Å². The molecule has 3 nitrogen and oxygen atoms in total. The van der Waals surface area contributed by atoms with Crippen molar-refractivity contribution in [3.8, 4) is 0 Å². The van der Waals surface area contributed by atoms with Gasteiger partial charge < -0.3 is 10.2 Å². The SMILES string of the molecule is Cc1ccsc1CN(C)C(=O)C1(C)CCCN1. The minimum Gasteiger partial charge on any atom is -0.339 e. The number of carbonyl (C=O) groups excluding carboxylic acids is 1. The van der Waals surface area contributed by atoms with Gasteiger partial charge in [-0.05, 0) is 50.2 Å². The van der Waals surface area contributed by atoms with Crippen LogP contribution < -0.4 is 5.32 Å². The van der Waals surface area contributed by atoms with Gasteiger partial charge in [-0.1, -0.05) is 0 Å². The van der Waals surface area contributed by atoms with Crippen molar-refractivity contribution in [3.05, 3.63) is 21.9 Å². The Kier molecular flexibility index (Phi) is 3.54. The zero-order valence-corrected chi connectivity index (χ0v) is 11.6. The van der Waals surface area contributed by atoms with Gasteiger partial charge in [-0.2, -0.15) is 0 Å². The molecule has 17 heavy (non-hydrogen) atoms. The molecular weight excluding hydrogens is 232 g/mol. The number of nitrogens with zero attached hydrogens (tertiary/aromatic N) is 1. The molecule has 1 unspecified atom stereocenters. The van der Waals surface area contributed by atoms with Crippen LogP contribution in [0.4, 0.5) is 0 Å². The fourth-order valence-corrected chi connectivity index (χ4v) is 3.31. The molecule has 0 bridgehead atoms. The van der Waals surface area contributed by atoms with E-state index in [9.17, 15) is 4.79 Å². The third-order valence-electron chi connectivity index (χ3n) is 3.54. The van der Waals surface area contributed by atoms with Crippen LogP contribution in [0.2, 0.25) is 0 Å². The first-order chi connectivity index (χ1) is 8.03. The highest BCUT2D eigenvalue weighted by Crippen LogP contribution is 2.23. The van der Waals surface area contributed by atoms with Crippen molar-refractivity contribution < 1.29 is 4.79 Å². The quantitative estimate of drug-likeness (QED) is 0.894. The number of hydrogen-bond donors (Lipinski definition) is 1. The third kappa shape index (κ3) is 2.53. The zero-order chi connectivity index (χ0) is 12.5. The van der Waals surface area contributed by atoms with Gasteiger partial charge in [-0.15, -0.1) is 11.3 Å². The number of hydrogen-bond acceptors (Lipinski definition) is 3. The van der Waals surface area contributed by atoms with Crippen molar-refractivity contribution >= 4 is 17.2 Å². The Morgan fingerprint density at radius 2 is 2.41 bits per heavy atom. The minimum atomic E-state index is -0.347. The number of nitrogens with one attached hydrogen (secondary N) is 1. The molecule has 0 spiro atoms. The molecule has 1 saturated heterocycles. The average Bonchev–Trinajstić information content (AvgIpc) is 2.89. The maximum absolute atomic E-state index is 12.4. The number of aryl methyl sites for hydroxylation is 1. The summed E-state index contributed by atoms with van der Waals surface area (Å²) in [4.78, 5) is 15.5. The molecule has 1 aromatic heterocycles. The van der Waals surface area contributed by atoms with Crippen molar-refractivity contribution in [1.29, 1.82) is 0 Å². The molecule has 1 N–H and O–H groups in total. The van der Waals surface area contributed by atoms with Crippen molar-refractivity contribution in [3.63, 3.8) is 0 Å². The molecule has 0 radical (unpaired) electrons. The van der Waals surface area contributed by atoms with E-state index in [0.29, 0.717) is 0 Å². The fraction of sp³-hybridized carbons (Fsp3) is 0.615. The summed E-state index contributed by atoms with van der Waals surface area (Å²) in [5.41, 5.74) is 0.930. The summed E-state index contributed by atoms with van der Waals surface area (Å²) in [6, 6.07) is 2.11. The number of rotatable bonds is 3. The van der Waals surface area contributed by atoms with Crippen LogP contribution >= 0.6 is 11.3 Å². The highest BCUT2D eigenvalue weighted by atomic mass is 32.1. The second kappa shape index (κ2) is 4.78. The highest BCUT2D eigenvalue weighted by molar-refractivity contribution is 7.10. The first-order valence-electron chi connectivity index (χ1n) is 6.06. The Hall–Kier alpha value is -0.870. The topological polar surface area (TPSA) is 32.3 Å². The Balaban J connectivity index is 2.03. The molecule has 0 aliphatic carbocycles. The van der Waals surface area contributed by atoms with E-state index in [2.05, 4.69) is 23.7 Å². The molecule has 1 aliphatic rings. The first kappa shape index (κ1) is 12.6. The van der Waals surface area contributed by atoms with Crippen LogP contribution in [-0.2, 0) is 11.3 Å².